The van der Waals surface area contributed by atoms with Gasteiger partial charge in [0.15, 0.2) is 5.75 Å². The lowest BCUT2D eigenvalue weighted by Crippen LogP contribution is -1.95. The lowest BCUT2D eigenvalue weighted by Gasteiger charge is -2.11. The minimum Gasteiger partial charge on any atom is -0.497 e. The van der Waals surface area contributed by atoms with Crippen molar-refractivity contribution in [3.8, 4) is 23.0 Å². The van der Waals surface area contributed by atoms with Crippen molar-refractivity contribution >= 4 is 5.69 Å². The summed E-state index contributed by atoms with van der Waals surface area (Å²) in [6.07, 6.45) is 0.985. The number of nitrogen functional groups attached to an aromatic ring is 1. The van der Waals surface area contributed by atoms with Crippen molar-refractivity contribution in [1.82, 2.24) is 0 Å². The van der Waals surface area contributed by atoms with Gasteiger partial charge in [-0.05, 0) is 42.8 Å². The van der Waals surface area contributed by atoms with Gasteiger partial charge in [0, 0.05) is 6.07 Å². The number of nitrogens with two attached hydrogens (primary N) is 1. The molecule has 2 N–H and O–H groups in total. The van der Waals surface area contributed by atoms with Crippen LogP contribution in [0.25, 0.3) is 0 Å². The highest BCUT2D eigenvalue weighted by molar-refractivity contribution is 5.57. The minimum atomic E-state index is 0.567. The summed E-state index contributed by atoms with van der Waals surface area (Å²) >= 11 is 0. The Bertz CT molecular complexity index is 552. The molecule has 0 aliphatic rings. The highest BCUT2D eigenvalue weighted by atomic mass is 16.5. The number of methoxy groups -OCH3 is 1. The molecular weight excluding hydrogens is 254 g/mol. The van der Waals surface area contributed by atoms with Gasteiger partial charge in [-0.3, -0.25) is 0 Å². The van der Waals surface area contributed by atoms with Gasteiger partial charge >= 0.3 is 0 Å². The predicted molar refractivity (Wildman–Crippen MR) is 79.7 cm³/mol. The molecule has 4 heteroatoms. The van der Waals surface area contributed by atoms with Gasteiger partial charge in [-0.15, -0.1) is 0 Å². The van der Waals surface area contributed by atoms with Crippen molar-refractivity contribution in [2.24, 2.45) is 0 Å². The fourth-order valence-electron chi connectivity index (χ4n) is 1.68. The number of anilines is 1. The molecule has 106 valence electrons. The third-order valence-electron chi connectivity index (χ3n) is 2.75. The highest BCUT2D eigenvalue weighted by Gasteiger charge is 2.04. The fourth-order valence-corrected chi connectivity index (χ4v) is 1.68. The average Bonchev–Trinajstić information content (AvgIpc) is 2.49. The van der Waals surface area contributed by atoms with E-state index in [1.165, 1.54) is 0 Å². The maximum absolute atomic E-state index is 5.88. The maximum Gasteiger partial charge on any atom is 0.153 e. The first kappa shape index (κ1) is 14.1. The van der Waals surface area contributed by atoms with E-state index in [0.717, 1.165) is 12.2 Å². The van der Waals surface area contributed by atoms with E-state index in [9.17, 15) is 0 Å². The first-order chi connectivity index (χ1) is 9.72. The molecule has 0 unspecified atom stereocenters. The van der Waals surface area contributed by atoms with Gasteiger partial charge in [0.05, 0.1) is 19.4 Å². The zero-order valence-corrected chi connectivity index (χ0v) is 11.8. The smallest absolute Gasteiger partial charge is 0.153 e. The Morgan fingerprint density at radius 3 is 2.25 bits per heavy atom. The number of benzene rings is 2. The van der Waals surface area contributed by atoms with Crippen LogP contribution in [0.5, 0.6) is 23.0 Å². The molecule has 2 aromatic carbocycles. The van der Waals surface area contributed by atoms with E-state index >= 15 is 0 Å². The van der Waals surface area contributed by atoms with Crippen molar-refractivity contribution in [3.05, 3.63) is 42.5 Å². The van der Waals surface area contributed by atoms with E-state index in [4.69, 9.17) is 19.9 Å². The molecule has 2 rings (SSSR count). The number of rotatable bonds is 6. The summed E-state index contributed by atoms with van der Waals surface area (Å²) in [4.78, 5) is 0. The summed E-state index contributed by atoms with van der Waals surface area (Å²) in [5.74, 6) is 2.82. The van der Waals surface area contributed by atoms with E-state index < -0.39 is 0 Å². The molecule has 0 saturated carbocycles. The van der Waals surface area contributed by atoms with Crippen LogP contribution in [0, 0.1) is 0 Å². The van der Waals surface area contributed by atoms with Crippen LogP contribution >= 0.6 is 0 Å². The lowest BCUT2D eigenvalue weighted by molar-refractivity contribution is 0.317. The summed E-state index contributed by atoms with van der Waals surface area (Å²) in [5, 5.41) is 0. The van der Waals surface area contributed by atoms with Gasteiger partial charge in [0.1, 0.15) is 17.2 Å². The third kappa shape index (κ3) is 3.57. The van der Waals surface area contributed by atoms with E-state index in [1.807, 2.05) is 24.3 Å². The average molecular weight is 273 g/mol. The molecule has 2 aromatic rings. The normalized spacial score (nSPS) is 10.1. The molecule has 0 amide bonds. The molecule has 0 saturated heterocycles. The first-order valence-electron chi connectivity index (χ1n) is 6.57. The van der Waals surface area contributed by atoms with Crippen LogP contribution in [0.15, 0.2) is 42.5 Å². The molecular formula is C16H19NO3. The fraction of sp³-hybridized carbons (Fsp3) is 0.250. The summed E-state index contributed by atoms with van der Waals surface area (Å²) in [5.41, 5.74) is 6.45. The second-order valence-corrected chi connectivity index (χ2v) is 4.33. The van der Waals surface area contributed by atoms with Crippen molar-refractivity contribution in [2.75, 3.05) is 19.5 Å². The SMILES string of the molecule is CCCOc1ccc(Oc2cc(OC)ccc2N)cc1. The molecule has 0 aliphatic heterocycles. The van der Waals surface area contributed by atoms with Crippen LogP contribution in [-0.2, 0) is 0 Å². The van der Waals surface area contributed by atoms with Crippen LogP contribution in [0.3, 0.4) is 0 Å². The largest absolute Gasteiger partial charge is 0.497 e. The summed E-state index contributed by atoms with van der Waals surface area (Å²) in [7, 11) is 1.61. The predicted octanol–water partition coefficient (Wildman–Crippen LogP) is 3.86. The minimum absolute atomic E-state index is 0.567. The standard InChI is InChI=1S/C16H19NO3/c1-3-10-19-12-4-6-13(7-5-12)20-16-11-14(18-2)8-9-15(16)17/h4-9,11H,3,10,17H2,1-2H3. The maximum atomic E-state index is 5.88. The molecule has 0 spiro atoms. The number of hydrogen-bond donors (Lipinski definition) is 1. The summed E-state index contributed by atoms with van der Waals surface area (Å²) in [6.45, 7) is 2.78. The lowest BCUT2D eigenvalue weighted by atomic mass is 10.2. The Hall–Kier alpha value is -2.36. The Morgan fingerprint density at radius 2 is 1.60 bits per heavy atom. The molecule has 0 atom stereocenters. The van der Waals surface area contributed by atoms with E-state index in [1.54, 1.807) is 25.3 Å². The van der Waals surface area contributed by atoms with Crippen molar-refractivity contribution < 1.29 is 14.2 Å². The Kier molecular flexibility index (Phi) is 4.71. The Morgan fingerprint density at radius 1 is 0.950 bits per heavy atom. The second-order valence-electron chi connectivity index (χ2n) is 4.33. The molecule has 0 aromatic heterocycles. The van der Waals surface area contributed by atoms with Gasteiger partial charge in [0.25, 0.3) is 0 Å². The number of ether oxygens (including phenoxy) is 3. The molecule has 0 fully saturated rings. The van der Waals surface area contributed by atoms with Gasteiger partial charge < -0.3 is 19.9 Å². The summed E-state index contributed by atoms with van der Waals surface area (Å²) < 4.78 is 16.4. The monoisotopic (exact) mass is 273 g/mol. The molecule has 0 heterocycles. The second kappa shape index (κ2) is 6.70. The molecule has 20 heavy (non-hydrogen) atoms. The van der Waals surface area contributed by atoms with E-state index in [-0.39, 0.29) is 0 Å². The van der Waals surface area contributed by atoms with Crippen molar-refractivity contribution in [2.45, 2.75) is 13.3 Å². The Balaban J connectivity index is 2.09. The number of hydrogen-bond acceptors (Lipinski definition) is 4. The first-order valence-corrected chi connectivity index (χ1v) is 6.57. The quantitative estimate of drug-likeness (QED) is 0.812. The molecule has 4 nitrogen and oxygen atoms in total. The van der Waals surface area contributed by atoms with Gasteiger partial charge in [-0.1, -0.05) is 6.92 Å². The zero-order chi connectivity index (χ0) is 14.4. The molecule has 0 bridgehead atoms. The van der Waals surface area contributed by atoms with Gasteiger partial charge in [-0.25, -0.2) is 0 Å². The van der Waals surface area contributed by atoms with E-state index in [0.29, 0.717) is 29.5 Å². The van der Waals surface area contributed by atoms with Crippen LogP contribution < -0.4 is 19.9 Å². The highest BCUT2D eigenvalue weighted by Crippen LogP contribution is 2.31. The van der Waals surface area contributed by atoms with Gasteiger partial charge in [-0.2, -0.15) is 0 Å². The third-order valence-corrected chi connectivity index (χ3v) is 2.75. The van der Waals surface area contributed by atoms with Crippen LogP contribution in [0.2, 0.25) is 0 Å². The molecule has 0 radical (unpaired) electrons. The Labute approximate surface area is 119 Å². The van der Waals surface area contributed by atoms with Crippen molar-refractivity contribution in [1.29, 1.82) is 0 Å². The van der Waals surface area contributed by atoms with Gasteiger partial charge in [0.2, 0.25) is 0 Å². The van der Waals surface area contributed by atoms with E-state index in [2.05, 4.69) is 6.92 Å². The van der Waals surface area contributed by atoms with Crippen LogP contribution in [-0.4, -0.2) is 13.7 Å². The summed E-state index contributed by atoms with van der Waals surface area (Å²) in [6, 6.07) is 12.8. The topological polar surface area (TPSA) is 53.7 Å². The van der Waals surface area contributed by atoms with Crippen molar-refractivity contribution in [3.63, 3.8) is 0 Å². The molecule has 0 aliphatic carbocycles. The zero-order valence-electron chi connectivity index (χ0n) is 11.8. The van der Waals surface area contributed by atoms with Crippen LogP contribution in [0.1, 0.15) is 13.3 Å². The van der Waals surface area contributed by atoms with Crippen LogP contribution in [0.4, 0.5) is 5.69 Å².